The first-order valence-corrected chi connectivity index (χ1v) is 4.34. The molecule has 0 aliphatic carbocycles. The van der Waals surface area contributed by atoms with Gasteiger partial charge in [0.1, 0.15) is 5.60 Å². The van der Waals surface area contributed by atoms with Crippen LogP contribution in [0.25, 0.3) is 0 Å². The van der Waals surface area contributed by atoms with E-state index in [1.165, 1.54) is 0 Å². The van der Waals surface area contributed by atoms with Crippen molar-refractivity contribution < 1.29 is 5.11 Å². The van der Waals surface area contributed by atoms with E-state index in [-0.39, 0.29) is 5.41 Å². The van der Waals surface area contributed by atoms with Crippen LogP contribution in [0, 0.1) is 5.41 Å². The van der Waals surface area contributed by atoms with Crippen molar-refractivity contribution >= 4 is 0 Å². The van der Waals surface area contributed by atoms with Crippen LogP contribution in [0.3, 0.4) is 0 Å². The van der Waals surface area contributed by atoms with E-state index < -0.39 is 5.60 Å². The number of aromatic nitrogens is 3. The van der Waals surface area contributed by atoms with Gasteiger partial charge in [0, 0.05) is 7.05 Å². The molecule has 0 spiro atoms. The number of aryl methyl sites for hydroxylation is 1. The van der Waals surface area contributed by atoms with Crippen molar-refractivity contribution in [2.24, 2.45) is 12.5 Å². The molecule has 0 fully saturated rings. The Morgan fingerprint density at radius 3 is 2.15 bits per heavy atom. The summed E-state index contributed by atoms with van der Waals surface area (Å²) in [5, 5.41) is 17.8. The molecule has 4 heteroatoms. The molecule has 0 aromatic carbocycles. The Morgan fingerprint density at radius 1 is 1.31 bits per heavy atom. The van der Waals surface area contributed by atoms with Crippen molar-refractivity contribution in [3.05, 3.63) is 11.9 Å². The van der Waals surface area contributed by atoms with Gasteiger partial charge in [-0.3, -0.25) is 0 Å². The molecule has 74 valence electrons. The highest BCUT2D eigenvalue weighted by Gasteiger charge is 2.39. The molecule has 0 amide bonds. The van der Waals surface area contributed by atoms with Crippen LogP contribution >= 0.6 is 0 Å². The van der Waals surface area contributed by atoms with Gasteiger partial charge in [0.05, 0.1) is 11.9 Å². The summed E-state index contributed by atoms with van der Waals surface area (Å²) < 4.78 is 1.60. The molecule has 0 aliphatic rings. The Bertz CT molecular complexity index is 296. The second kappa shape index (κ2) is 2.80. The molecule has 0 aliphatic heterocycles. The minimum absolute atomic E-state index is 0.234. The predicted octanol–water partition coefficient (Wildman–Crippen LogP) is 1.07. The van der Waals surface area contributed by atoms with Crippen molar-refractivity contribution in [2.45, 2.75) is 33.3 Å². The molecule has 0 bridgehead atoms. The number of hydrogen-bond acceptors (Lipinski definition) is 3. The van der Waals surface area contributed by atoms with E-state index in [0.717, 1.165) is 5.69 Å². The SMILES string of the molecule is Cn1nncc1C(C)(O)C(C)(C)C. The highest BCUT2D eigenvalue weighted by atomic mass is 16.3. The molecule has 0 saturated carbocycles. The van der Waals surface area contributed by atoms with Crippen LogP contribution in [0.15, 0.2) is 6.20 Å². The van der Waals surface area contributed by atoms with Gasteiger partial charge in [-0.1, -0.05) is 26.0 Å². The zero-order chi connectivity index (χ0) is 10.3. The summed E-state index contributed by atoms with van der Waals surface area (Å²) in [5.41, 5.74) is -0.409. The molecule has 0 radical (unpaired) electrons. The van der Waals surface area contributed by atoms with E-state index in [1.54, 1.807) is 24.9 Å². The molecule has 1 unspecified atom stereocenters. The fraction of sp³-hybridized carbons (Fsp3) is 0.778. The maximum absolute atomic E-state index is 10.3. The van der Waals surface area contributed by atoms with E-state index in [4.69, 9.17) is 0 Å². The summed E-state index contributed by atoms with van der Waals surface area (Å²) in [5.74, 6) is 0. The normalized spacial score (nSPS) is 17.1. The van der Waals surface area contributed by atoms with E-state index in [0.29, 0.717) is 0 Å². The lowest BCUT2D eigenvalue weighted by molar-refractivity contribution is -0.0535. The molecule has 1 rings (SSSR count). The fourth-order valence-corrected chi connectivity index (χ4v) is 1.11. The smallest absolute Gasteiger partial charge is 0.110 e. The third kappa shape index (κ3) is 1.58. The summed E-state index contributed by atoms with van der Waals surface area (Å²) in [6.07, 6.45) is 1.60. The van der Waals surface area contributed by atoms with Crippen LogP contribution in [0.2, 0.25) is 0 Å². The van der Waals surface area contributed by atoms with Crippen LogP contribution in [0.1, 0.15) is 33.4 Å². The van der Waals surface area contributed by atoms with Gasteiger partial charge < -0.3 is 5.11 Å². The Kier molecular flexibility index (Phi) is 2.20. The van der Waals surface area contributed by atoms with E-state index in [9.17, 15) is 5.11 Å². The average Bonchev–Trinajstić information content (AvgIpc) is 2.32. The minimum Gasteiger partial charge on any atom is -0.383 e. The van der Waals surface area contributed by atoms with Gasteiger partial charge in [-0.05, 0) is 12.3 Å². The Morgan fingerprint density at radius 2 is 1.85 bits per heavy atom. The lowest BCUT2D eigenvalue weighted by Gasteiger charge is -2.36. The first-order chi connectivity index (χ1) is 5.77. The molecule has 1 heterocycles. The number of aliphatic hydroxyl groups is 1. The lowest BCUT2D eigenvalue weighted by Crippen LogP contribution is -2.38. The summed E-state index contributed by atoms with van der Waals surface area (Å²) >= 11 is 0. The zero-order valence-corrected chi connectivity index (χ0v) is 8.87. The van der Waals surface area contributed by atoms with Gasteiger partial charge in [0.25, 0.3) is 0 Å². The van der Waals surface area contributed by atoms with E-state index >= 15 is 0 Å². The van der Waals surface area contributed by atoms with Crippen LogP contribution in [-0.4, -0.2) is 20.1 Å². The van der Waals surface area contributed by atoms with Crippen LogP contribution in [-0.2, 0) is 12.6 Å². The maximum Gasteiger partial charge on any atom is 0.110 e. The Labute approximate surface area is 78.6 Å². The minimum atomic E-state index is -0.911. The standard InChI is InChI=1S/C9H17N3O/c1-8(2,3)9(4,13)7-6-10-11-12(7)5/h6,13H,1-5H3. The van der Waals surface area contributed by atoms with Crippen LogP contribution < -0.4 is 0 Å². The Hall–Kier alpha value is -0.900. The highest BCUT2D eigenvalue weighted by molar-refractivity contribution is 5.10. The molecule has 1 aromatic rings. The Balaban J connectivity index is 3.15. The largest absolute Gasteiger partial charge is 0.383 e. The predicted molar refractivity (Wildman–Crippen MR) is 50.0 cm³/mol. The van der Waals surface area contributed by atoms with Gasteiger partial charge in [-0.15, -0.1) is 5.10 Å². The zero-order valence-electron chi connectivity index (χ0n) is 8.87. The highest BCUT2D eigenvalue weighted by Crippen LogP contribution is 2.37. The topological polar surface area (TPSA) is 50.9 Å². The monoisotopic (exact) mass is 183 g/mol. The fourth-order valence-electron chi connectivity index (χ4n) is 1.11. The number of nitrogens with zero attached hydrogens (tertiary/aromatic N) is 3. The summed E-state index contributed by atoms with van der Waals surface area (Å²) in [6, 6.07) is 0. The first kappa shape index (κ1) is 10.2. The van der Waals surface area contributed by atoms with Gasteiger partial charge in [-0.25, -0.2) is 4.68 Å². The quantitative estimate of drug-likeness (QED) is 0.708. The second-order valence-corrected chi connectivity index (χ2v) is 4.57. The van der Waals surface area contributed by atoms with Crippen LogP contribution in [0.5, 0.6) is 0 Å². The summed E-state index contributed by atoms with van der Waals surface area (Å²) in [6.45, 7) is 7.74. The summed E-state index contributed by atoms with van der Waals surface area (Å²) in [4.78, 5) is 0. The average molecular weight is 183 g/mol. The van der Waals surface area contributed by atoms with Gasteiger partial charge in [0.2, 0.25) is 0 Å². The molecular weight excluding hydrogens is 166 g/mol. The van der Waals surface area contributed by atoms with Crippen molar-refractivity contribution in [1.29, 1.82) is 0 Å². The molecule has 4 nitrogen and oxygen atoms in total. The second-order valence-electron chi connectivity index (χ2n) is 4.57. The van der Waals surface area contributed by atoms with E-state index in [1.807, 2.05) is 20.8 Å². The number of rotatable bonds is 1. The lowest BCUT2D eigenvalue weighted by atomic mass is 9.76. The molecule has 1 atom stereocenters. The third-order valence-corrected chi connectivity index (χ3v) is 2.67. The molecule has 0 saturated heterocycles. The first-order valence-electron chi connectivity index (χ1n) is 4.34. The van der Waals surface area contributed by atoms with Crippen molar-refractivity contribution in [1.82, 2.24) is 15.0 Å². The molecule has 1 N–H and O–H groups in total. The van der Waals surface area contributed by atoms with Gasteiger partial charge >= 0.3 is 0 Å². The van der Waals surface area contributed by atoms with Crippen LogP contribution in [0.4, 0.5) is 0 Å². The van der Waals surface area contributed by atoms with Crippen molar-refractivity contribution in [3.8, 4) is 0 Å². The van der Waals surface area contributed by atoms with E-state index in [2.05, 4.69) is 10.3 Å². The number of hydrogen-bond donors (Lipinski definition) is 1. The molecule has 1 aromatic heterocycles. The third-order valence-electron chi connectivity index (χ3n) is 2.67. The van der Waals surface area contributed by atoms with Crippen molar-refractivity contribution in [2.75, 3.05) is 0 Å². The molecule has 13 heavy (non-hydrogen) atoms. The molecular formula is C9H17N3O. The van der Waals surface area contributed by atoms with Gasteiger partial charge in [-0.2, -0.15) is 0 Å². The van der Waals surface area contributed by atoms with Gasteiger partial charge in [0.15, 0.2) is 0 Å². The summed E-state index contributed by atoms with van der Waals surface area (Å²) in [7, 11) is 1.78. The maximum atomic E-state index is 10.3. The van der Waals surface area contributed by atoms with Crippen molar-refractivity contribution in [3.63, 3.8) is 0 Å².